The van der Waals surface area contributed by atoms with Gasteiger partial charge in [-0.2, -0.15) is 0 Å². The Kier molecular flexibility index (Phi) is 6.50. The fourth-order valence-corrected chi connectivity index (χ4v) is 3.08. The lowest BCUT2D eigenvalue weighted by molar-refractivity contribution is -0.153. The van der Waals surface area contributed by atoms with E-state index in [1.54, 1.807) is 12.1 Å². The molecule has 0 aliphatic rings. The SMILES string of the molecule is COC(=O)c1ccc(-c2csc(C(C)NCC(=O)OC(C)(C)C)n2)cc1. The molecule has 0 aliphatic carbocycles. The topological polar surface area (TPSA) is 77.5 Å². The zero-order valence-electron chi connectivity index (χ0n) is 15.7. The molecular formula is C19H24N2O4S. The Morgan fingerprint density at radius 2 is 1.88 bits per heavy atom. The van der Waals surface area contributed by atoms with Gasteiger partial charge in [0.1, 0.15) is 10.6 Å². The van der Waals surface area contributed by atoms with Gasteiger partial charge in [0.15, 0.2) is 0 Å². The van der Waals surface area contributed by atoms with Crippen LogP contribution in [0.15, 0.2) is 29.6 Å². The number of nitrogens with zero attached hydrogens (tertiary/aromatic N) is 1. The Bertz CT molecular complexity index is 763. The number of carbonyl (C=O) groups excluding carboxylic acids is 2. The summed E-state index contributed by atoms with van der Waals surface area (Å²) in [5, 5.41) is 5.96. The van der Waals surface area contributed by atoms with E-state index in [0.717, 1.165) is 16.3 Å². The number of carbonyl (C=O) groups is 2. The predicted octanol–water partition coefficient (Wildman–Crippen LogP) is 3.59. The zero-order chi connectivity index (χ0) is 19.3. The first-order valence-electron chi connectivity index (χ1n) is 8.29. The van der Waals surface area contributed by atoms with E-state index >= 15 is 0 Å². The highest BCUT2D eigenvalue weighted by molar-refractivity contribution is 7.10. The number of methoxy groups -OCH3 is 1. The fourth-order valence-electron chi connectivity index (χ4n) is 2.22. The second-order valence-electron chi connectivity index (χ2n) is 6.83. The Hall–Kier alpha value is -2.25. The predicted molar refractivity (Wildman–Crippen MR) is 101 cm³/mol. The van der Waals surface area contributed by atoms with E-state index in [-0.39, 0.29) is 24.5 Å². The molecule has 0 saturated heterocycles. The minimum Gasteiger partial charge on any atom is -0.465 e. The van der Waals surface area contributed by atoms with Gasteiger partial charge in [-0.25, -0.2) is 9.78 Å². The Balaban J connectivity index is 1.98. The van der Waals surface area contributed by atoms with Crippen LogP contribution in [0, 0.1) is 0 Å². The summed E-state index contributed by atoms with van der Waals surface area (Å²) >= 11 is 1.51. The van der Waals surface area contributed by atoms with E-state index in [1.807, 2.05) is 45.2 Å². The van der Waals surface area contributed by atoms with Gasteiger partial charge < -0.3 is 9.47 Å². The third kappa shape index (κ3) is 5.64. The van der Waals surface area contributed by atoms with Crippen LogP contribution in [0.5, 0.6) is 0 Å². The van der Waals surface area contributed by atoms with Crippen LogP contribution >= 0.6 is 11.3 Å². The Morgan fingerprint density at radius 1 is 1.23 bits per heavy atom. The lowest BCUT2D eigenvalue weighted by Gasteiger charge is -2.20. The fraction of sp³-hybridized carbons (Fsp3) is 0.421. The summed E-state index contributed by atoms with van der Waals surface area (Å²) in [6, 6.07) is 7.03. The monoisotopic (exact) mass is 376 g/mol. The molecule has 26 heavy (non-hydrogen) atoms. The lowest BCUT2D eigenvalue weighted by atomic mass is 10.1. The summed E-state index contributed by atoms with van der Waals surface area (Å²) in [6.07, 6.45) is 0. The molecule has 0 bridgehead atoms. The normalized spacial score (nSPS) is 12.5. The zero-order valence-corrected chi connectivity index (χ0v) is 16.5. The maximum Gasteiger partial charge on any atom is 0.337 e. The maximum absolute atomic E-state index is 11.8. The van der Waals surface area contributed by atoms with Gasteiger partial charge in [0.25, 0.3) is 0 Å². The highest BCUT2D eigenvalue weighted by atomic mass is 32.1. The van der Waals surface area contributed by atoms with Gasteiger partial charge in [0.2, 0.25) is 0 Å². The van der Waals surface area contributed by atoms with Crippen molar-refractivity contribution < 1.29 is 19.1 Å². The summed E-state index contributed by atoms with van der Waals surface area (Å²) < 4.78 is 9.98. The second-order valence-corrected chi connectivity index (χ2v) is 7.72. The van der Waals surface area contributed by atoms with Crippen LogP contribution in [0.1, 0.15) is 49.1 Å². The molecule has 0 radical (unpaired) electrons. The van der Waals surface area contributed by atoms with Crippen molar-refractivity contribution in [3.8, 4) is 11.3 Å². The van der Waals surface area contributed by atoms with Crippen molar-refractivity contribution in [2.45, 2.75) is 39.3 Å². The van der Waals surface area contributed by atoms with Crippen molar-refractivity contribution in [3.05, 3.63) is 40.2 Å². The van der Waals surface area contributed by atoms with Crippen LogP contribution in [-0.2, 0) is 14.3 Å². The number of ether oxygens (including phenoxy) is 2. The van der Waals surface area contributed by atoms with E-state index in [2.05, 4.69) is 10.3 Å². The van der Waals surface area contributed by atoms with Gasteiger partial charge in [-0.3, -0.25) is 10.1 Å². The number of benzene rings is 1. The molecule has 140 valence electrons. The van der Waals surface area contributed by atoms with E-state index in [0.29, 0.717) is 5.56 Å². The molecule has 1 aromatic carbocycles. The molecule has 0 fully saturated rings. The largest absolute Gasteiger partial charge is 0.465 e. The van der Waals surface area contributed by atoms with E-state index in [4.69, 9.17) is 9.47 Å². The summed E-state index contributed by atoms with van der Waals surface area (Å²) in [5.74, 6) is -0.657. The average Bonchev–Trinajstić information content (AvgIpc) is 3.08. The summed E-state index contributed by atoms with van der Waals surface area (Å²) in [7, 11) is 1.36. The van der Waals surface area contributed by atoms with Crippen molar-refractivity contribution in [2.75, 3.05) is 13.7 Å². The summed E-state index contributed by atoms with van der Waals surface area (Å²) in [6.45, 7) is 7.60. The number of hydrogen-bond acceptors (Lipinski definition) is 7. The molecule has 2 aromatic rings. The molecule has 1 aromatic heterocycles. The van der Waals surface area contributed by atoms with E-state index in [9.17, 15) is 9.59 Å². The third-order valence-corrected chi connectivity index (χ3v) is 4.49. The van der Waals surface area contributed by atoms with Crippen molar-refractivity contribution in [1.82, 2.24) is 10.3 Å². The molecule has 6 nitrogen and oxygen atoms in total. The minimum atomic E-state index is -0.493. The summed E-state index contributed by atoms with van der Waals surface area (Å²) in [5.41, 5.74) is 1.75. The quantitative estimate of drug-likeness (QED) is 0.777. The van der Waals surface area contributed by atoms with Crippen LogP contribution in [0.4, 0.5) is 0 Å². The van der Waals surface area contributed by atoms with Crippen molar-refractivity contribution in [3.63, 3.8) is 0 Å². The maximum atomic E-state index is 11.8. The van der Waals surface area contributed by atoms with Gasteiger partial charge in [0, 0.05) is 10.9 Å². The first kappa shape index (κ1) is 20.1. The van der Waals surface area contributed by atoms with E-state index < -0.39 is 5.60 Å². The number of nitrogens with one attached hydrogen (secondary N) is 1. The molecule has 7 heteroatoms. The highest BCUT2D eigenvalue weighted by Gasteiger charge is 2.18. The van der Waals surface area contributed by atoms with Crippen LogP contribution < -0.4 is 5.32 Å². The van der Waals surface area contributed by atoms with Crippen molar-refractivity contribution in [2.24, 2.45) is 0 Å². The molecule has 0 aliphatic heterocycles. The Morgan fingerprint density at radius 3 is 2.46 bits per heavy atom. The second kappa shape index (κ2) is 8.42. The van der Waals surface area contributed by atoms with Gasteiger partial charge in [-0.1, -0.05) is 12.1 Å². The molecule has 0 amide bonds. The first-order valence-corrected chi connectivity index (χ1v) is 9.17. The number of thiazole rings is 1. The van der Waals surface area contributed by atoms with Crippen LogP contribution in [0.25, 0.3) is 11.3 Å². The third-order valence-electron chi connectivity index (χ3n) is 3.47. The number of rotatable bonds is 6. The van der Waals surface area contributed by atoms with Crippen molar-refractivity contribution in [1.29, 1.82) is 0 Å². The first-order chi connectivity index (χ1) is 12.2. The number of aromatic nitrogens is 1. The van der Waals surface area contributed by atoms with Gasteiger partial charge in [-0.15, -0.1) is 11.3 Å². The number of hydrogen-bond donors (Lipinski definition) is 1. The average molecular weight is 376 g/mol. The smallest absolute Gasteiger partial charge is 0.337 e. The van der Waals surface area contributed by atoms with Gasteiger partial charge >= 0.3 is 11.9 Å². The minimum absolute atomic E-state index is 0.0735. The Labute approximate surface area is 157 Å². The van der Waals surface area contributed by atoms with Crippen LogP contribution in [0.3, 0.4) is 0 Å². The molecule has 1 heterocycles. The highest BCUT2D eigenvalue weighted by Crippen LogP contribution is 2.25. The van der Waals surface area contributed by atoms with Crippen molar-refractivity contribution >= 4 is 23.3 Å². The summed E-state index contributed by atoms with van der Waals surface area (Å²) in [4.78, 5) is 27.9. The molecule has 0 spiro atoms. The molecule has 1 N–H and O–H groups in total. The molecular weight excluding hydrogens is 352 g/mol. The number of esters is 2. The molecule has 2 rings (SSSR count). The molecule has 0 saturated carbocycles. The van der Waals surface area contributed by atoms with Crippen LogP contribution in [-0.4, -0.2) is 36.2 Å². The lowest BCUT2D eigenvalue weighted by Crippen LogP contribution is -2.32. The standard InChI is InChI=1S/C19H24N2O4S/c1-12(20-10-16(22)25-19(2,3)4)17-21-15(11-26-17)13-6-8-14(9-7-13)18(23)24-5/h6-9,11-12,20H,10H2,1-5H3. The van der Waals surface area contributed by atoms with Crippen LogP contribution in [0.2, 0.25) is 0 Å². The van der Waals surface area contributed by atoms with Gasteiger partial charge in [0.05, 0.1) is 31.0 Å². The molecule has 1 unspecified atom stereocenters. The van der Waals surface area contributed by atoms with Gasteiger partial charge in [-0.05, 0) is 39.8 Å². The molecule has 1 atom stereocenters. The van der Waals surface area contributed by atoms with E-state index in [1.165, 1.54) is 18.4 Å².